The van der Waals surface area contributed by atoms with Crippen molar-refractivity contribution in [3.8, 4) is 0 Å². The standard InChI is InChI=1S/C7H9ClN2O3S2/c1-2-14(11,10-15(8,12)13)7-5-3-4-6-9-7/h3-6H,2H2,1H3. The molecule has 0 saturated heterocycles. The summed E-state index contributed by atoms with van der Waals surface area (Å²) in [6.07, 6.45) is 1.42. The summed E-state index contributed by atoms with van der Waals surface area (Å²) in [5.74, 6) is 0.0377. The molecule has 0 aliphatic carbocycles. The second-order valence-electron chi connectivity index (χ2n) is 2.58. The van der Waals surface area contributed by atoms with E-state index in [1.165, 1.54) is 12.3 Å². The van der Waals surface area contributed by atoms with Crippen LogP contribution in [0.25, 0.3) is 0 Å². The lowest BCUT2D eigenvalue weighted by Crippen LogP contribution is -2.07. The molecule has 1 rings (SSSR count). The van der Waals surface area contributed by atoms with Gasteiger partial charge in [0.2, 0.25) is 0 Å². The van der Waals surface area contributed by atoms with Gasteiger partial charge in [0.25, 0.3) is 0 Å². The first-order chi connectivity index (χ1) is 6.87. The fourth-order valence-electron chi connectivity index (χ4n) is 0.918. The summed E-state index contributed by atoms with van der Waals surface area (Å²) < 4.78 is 36.8. The first-order valence-electron chi connectivity index (χ1n) is 3.99. The van der Waals surface area contributed by atoms with E-state index in [4.69, 9.17) is 10.7 Å². The lowest BCUT2D eigenvalue weighted by molar-refractivity contribution is 0.611. The van der Waals surface area contributed by atoms with Gasteiger partial charge in [-0.15, -0.1) is 0 Å². The van der Waals surface area contributed by atoms with E-state index in [9.17, 15) is 12.6 Å². The molecule has 1 unspecified atom stereocenters. The van der Waals surface area contributed by atoms with E-state index in [2.05, 4.69) is 8.75 Å². The molecule has 0 spiro atoms. The van der Waals surface area contributed by atoms with Crippen LogP contribution in [0, 0.1) is 0 Å². The van der Waals surface area contributed by atoms with Crippen LogP contribution in [0.4, 0.5) is 0 Å². The van der Waals surface area contributed by atoms with Gasteiger partial charge in [-0.3, -0.25) is 0 Å². The van der Waals surface area contributed by atoms with Gasteiger partial charge in [-0.05, 0) is 12.1 Å². The molecule has 0 amide bonds. The van der Waals surface area contributed by atoms with Crippen LogP contribution >= 0.6 is 10.7 Å². The molecule has 5 nitrogen and oxygen atoms in total. The Balaban J connectivity index is 3.44. The second-order valence-corrected chi connectivity index (χ2v) is 7.45. The molecule has 0 saturated carbocycles. The van der Waals surface area contributed by atoms with Crippen molar-refractivity contribution in [2.45, 2.75) is 11.9 Å². The maximum absolute atomic E-state index is 12.1. The van der Waals surface area contributed by atoms with E-state index < -0.39 is 19.0 Å². The molecule has 1 aromatic heterocycles. The van der Waals surface area contributed by atoms with E-state index >= 15 is 0 Å². The smallest absolute Gasteiger partial charge is 0.246 e. The number of hydrogen-bond donors (Lipinski definition) is 0. The Morgan fingerprint density at radius 1 is 1.40 bits per heavy atom. The van der Waals surface area contributed by atoms with Gasteiger partial charge in [-0.25, -0.2) is 9.19 Å². The minimum Gasteiger partial charge on any atom is -0.246 e. The lowest BCUT2D eigenvalue weighted by atomic mass is 10.5. The third-order valence-corrected chi connectivity index (χ3v) is 5.43. The number of pyridine rings is 1. The number of hydrogen-bond acceptors (Lipinski definition) is 4. The molecular weight excluding hydrogens is 260 g/mol. The van der Waals surface area contributed by atoms with Gasteiger partial charge < -0.3 is 0 Å². The van der Waals surface area contributed by atoms with Crippen LogP contribution in [-0.4, -0.2) is 23.4 Å². The van der Waals surface area contributed by atoms with Crippen molar-refractivity contribution in [1.29, 1.82) is 0 Å². The molecule has 0 radical (unpaired) electrons. The summed E-state index contributed by atoms with van der Waals surface area (Å²) >= 11 is 0. The third-order valence-electron chi connectivity index (χ3n) is 1.57. The summed E-state index contributed by atoms with van der Waals surface area (Å²) in [4.78, 5) is 3.81. The van der Waals surface area contributed by atoms with Crippen molar-refractivity contribution in [1.82, 2.24) is 4.98 Å². The third kappa shape index (κ3) is 3.44. The van der Waals surface area contributed by atoms with Gasteiger partial charge in [0.1, 0.15) is 14.8 Å². The summed E-state index contributed by atoms with van der Waals surface area (Å²) in [5, 5.41) is 0.122. The molecule has 0 aromatic carbocycles. The highest BCUT2D eigenvalue weighted by atomic mass is 35.7. The molecule has 0 aliphatic rings. The fourth-order valence-corrected chi connectivity index (χ4v) is 4.43. The van der Waals surface area contributed by atoms with Crippen molar-refractivity contribution in [2.24, 2.45) is 3.77 Å². The highest BCUT2D eigenvalue weighted by Gasteiger charge is 2.15. The molecule has 84 valence electrons. The fraction of sp³-hybridized carbons (Fsp3) is 0.286. The Hall–Kier alpha value is -0.660. The Bertz CT molecular complexity index is 547. The van der Waals surface area contributed by atoms with Crippen molar-refractivity contribution < 1.29 is 12.6 Å². The minimum atomic E-state index is -4.16. The molecule has 8 heteroatoms. The van der Waals surface area contributed by atoms with E-state index in [0.717, 1.165) is 0 Å². The maximum Gasteiger partial charge on any atom is 0.347 e. The van der Waals surface area contributed by atoms with E-state index in [1.54, 1.807) is 19.1 Å². The van der Waals surface area contributed by atoms with Gasteiger partial charge >= 0.3 is 9.24 Å². The topological polar surface area (TPSA) is 76.5 Å². The number of nitrogens with zero attached hydrogens (tertiary/aromatic N) is 2. The average molecular weight is 269 g/mol. The van der Waals surface area contributed by atoms with E-state index in [1.807, 2.05) is 0 Å². The first-order valence-corrected chi connectivity index (χ1v) is 7.94. The van der Waals surface area contributed by atoms with Crippen LogP contribution in [0.5, 0.6) is 0 Å². The lowest BCUT2D eigenvalue weighted by Gasteiger charge is -2.04. The predicted octanol–water partition coefficient (Wildman–Crippen LogP) is 1.41. The summed E-state index contributed by atoms with van der Waals surface area (Å²) in [6, 6.07) is 4.69. The highest BCUT2D eigenvalue weighted by Crippen LogP contribution is 2.14. The molecule has 0 N–H and O–H groups in total. The second kappa shape index (κ2) is 4.46. The van der Waals surface area contributed by atoms with Crippen LogP contribution in [0.2, 0.25) is 0 Å². The molecule has 0 fully saturated rings. The largest absolute Gasteiger partial charge is 0.347 e. The molecule has 1 aromatic rings. The number of rotatable bonds is 3. The molecule has 0 bridgehead atoms. The Morgan fingerprint density at radius 3 is 2.47 bits per heavy atom. The van der Waals surface area contributed by atoms with E-state index in [-0.39, 0.29) is 10.8 Å². The quantitative estimate of drug-likeness (QED) is 0.777. The SMILES string of the molecule is CCS(=O)(=NS(=O)(=O)Cl)c1ccccn1. The van der Waals surface area contributed by atoms with Crippen LogP contribution < -0.4 is 0 Å². The van der Waals surface area contributed by atoms with E-state index in [0.29, 0.717) is 0 Å². The van der Waals surface area contributed by atoms with Crippen molar-refractivity contribution in [2.75, 3.05) is 5.75 Å². The monoisotopic (exact) mass is 268 g/mol. The zero-order valence-corrected chi connectivity index (χ0v) is 10.2. The highest BCUT2D eigenvalue weighted by molar-refractivity contribution is 8.17. The van der Waals surface area contributed by atoms with Crippen molar-refractivity contribution in [3.05, 3.63) is 24.4 Å². The van der Waals surface area contributed by atoms with Gasteiger partial charge in [-0.1, -0.05) is 16.8 Å². The Kier molecular flexibility index (Phi) is 3.69. The minimum absolute atomic E-state index is 0.0377. The van der Waals surface area contributed by atoms with Crippen LogP contribution in [0.3, 0.4) is 0 Å². The maximum atomic E-state index is 12.1. The summed E-state index contributed by atoms with van der Waals surface area (Å²) in [6.45, 7) is 1.56. The average Bonchev–Trinajstić information content (AvgIpc) is 2.16. The number of aromatic nitrogens is 1. The van der Waals surface area contributed by atoms with Crippen molar-refractivity contribution >= 4 is 29.6 Å². The molecule has 15 heavy (non-hydrogen) atoms. The zero-order chi connectivity index (χ0) is 11.5. The van der Waals surface area contributed by atoms with Crippen LogP contribution in [0.15, 0.2) is 33.2 Å². The van der Waals surface area contributed by atoms with Crippen LogP contribution in [0.1, 0.15) is 6.92 Å². The molecule has 1 heterocycles. The molecule has 1 atom stereocenters. The van der Waals surface area contributed by atoms with Crippen molar-refractivity contribution in [3.63, 3.8) is 0 Å². The molecular formula is C7H9ClN2O3S2. The normalized spacial score (nSPS) is 15.6. The predicted molar refractivity (Wildman–Crippen MR) is 58.4 cm³/mol. The van der Waals surface area contributed by atoms with Gasteiger partial charge in [-0.2, -0.15) is 8.42 Å². The van der Waals surface area contributed by atoms with Gasteiger partial charge in [0.15, 0.2) is 0 Å². The van der Waals surface area contributed by atoms with Crippen LogP contribution in [-0.2, 0) is 19.0 Å². The van der Waals surface area contributed by atoms with Gasteiger partial charge in [0.05, 0.1) is 0 Å². The first kappa shape index (κ1) is 12.4. The zero-order valence-electron chi connectivity index (χ0n) is 7.83. The van der Waals surface area contributed by atoms with Gasteiger partial charge in [0, 0.05) is 22.6 Å². The Labute approximate surface area is 93.2 Å². The molecule has 0 aliphatic heterocycles. The number of halogens is 1. The Morgan fingerprint density at radius 2 is 2.07 bits per heavy atom. The summed E-state index contributed by atoms with van der Waals surface area (Å²) in [5.41, 5.74) is 0. The summed E-state index contributed by atoms with van der Waals surface area (Å²) in [7, 11) is -2.28.